The second-order valence-corrected chi connectivity index (χ2v) is 2.65. The van der Waals surface area contributed by atoms with Crippen LogP contribution in [0.5, 0.6) is 5.75 Å². The predicted octanol–water partition coefficient (Wildman–Crippen LogP) is 0.156. The molecular weight excluding hydrogens is 170 g/mol. The zero-order valence-corrected chi connectivity index (χ0v) is 6.64. The van der Waals surface area contributed by atoms with Gasteiger partial charge in [0.25, 0.3) is 0 Å². The van der Waals surface area contributed by atoms with E-state index in [-0.39, 0.29) is 5.75 Å². The Bertz CT molecular complexity index is 470. The number of phenolic OH excluding ortho intramolecular Hbond substituents is 1. The summed E-state index contributed by atoms with van der Waals surface area (Å²) in [6, 6.07) is 4.44. The quantitative estimate of drug-likeness (QED) is 0.259. The molecule has 0 aliphatic heterocycles. The van der Waals surface area contributed by atoms with Crippen molar-refractivity contribution in [2.24, 2.45) is 0 Å². The van der Waals surface area contributed by atoms with Crippen LogP contribution in [0.3, 0.4) is 0 Å². The summed E-state index contributed by atoms with van der Waals surface area (Å²) in [6.07, 6.45) is 1.21. The van der Waals surface area contributed by atoms with Crippen LogP contribution in [0, 0.1) is 5.21 Å². The molecule has 0 aliphatic rings. The number of nitrogens with two attached hydrogens (primary N) is 1. The van der Waals surface area contributed by atoms with Gasteiger partial charge in [0.15, 0.2) is 5.52 Å². The molecule has 0 spiro atoms. The number of fused-ring (bicyclic) bond motifs is 1. The molecule has 66 valence electrons. The van der Waals surface area contributed by atoms with E-state index in [0.29, 0.717) is 21.4 Å². The zero-order valence-electron chi connectivity index (χ0n) is 6.64. The van der Waals surface area contributed by atoms with Gasteiger partial charge >= 0.3 is 0 Å². The fraction of sp³-hybridized carbons (Fsp3) is 0. The summed E-state index contributed by atoms with van der Waals surface area (Å²) in [5.74, 6) is 0.0669. The highest BCUT2D eigenvalue weighted by Gasteiger charge is 2.07. The van der Waals surface area contributed by atoms with E-state index >= 15 is 0 Å². The van der Waals surface area contributed by atoms with Crippen LogP contribution >= 0.6 is 0 Å². The number of phenols is 1. The van der Waals surface area contributed by atoms with Crippen LogP contribution in [-0.2, 0) is 0 Å². The summed E-state index contributed by atoms with van der Waals surface area (Å²) >= 11 is 0. The minimum absolute atomic E-state index is 0.0669. The first-order valence-electron chi connectivity index (χ1n) is 3.66. The molecule has 0 aliphatic carbocycles. The Kier molecular flexibility index (Phi) is 1.45. The first-order chi connectivity index (χ1) is 6.18. The highest BCUT2D eigenvalue weighted by molar-refractivity contribution is 5.92. The molecule has 0 fully saturated rings. The maximum atomic E-state index is 10.8. The molecular formula is C8H7N3O2. The van der Waals surface area contributed by atoms with Gasteiger partial charge in [-0.05, 0) is 12.1 Å². The molecule has 0 radical (unpaired) electrons. The molecule has 0 atom stereocenters. The van der Waals surface area contributed by atoms with E-state index in [1.54, 1.807) is 0 Å². The van der Waals surface area contributed by atoms with Crippen LogP contribution in [0.4, 0.5) is 5.69 Å². The van der Waals surface area contributed by atoms with E-state index in [2.05, 4.69) is 5.10 Å². The summed E-state index contributed by atoms with van der Waals surface area (Å²) < 4.78 is 0. The summed E-state index contributed by atoms with van der Waals surface area (Å²) in [5.41, 5.74) is 6.26. The molecule has 5 heteroatoms. The Hall–Kier alpha value is -2.04. The molecule has 0 saturated carbocycles. The molecule has 1 aromatic carbocycles. The van der Waals surface area contributed by atoms with Crippen LogP contribution < -0.4 is 10.6 Å². The number of rotatable bonds is 0. The van der Waals surface area contributed by atoms with E-state index in [1.165, 1.54) is 24.4 Å². The number of aromatic hydroxyl groups is 1. The van der Waals surface area contributed by atoms with E-state index in [1.807, 2.05) is 0 Å². The Labute approximate surface area is 73.6 Å². The van der Waals surface area contributed by atoms with E-state index in [4.69, 9.17) is 5.73 Å². The van der Waals surface area contributed by atoms with Crippen LogP contribution in [0.1, 0.15) is 0 Å². The molecule has 0 unspecified atom stereocenters. The second-order valence-electron chi connectivity index (χ2n) is 2.65. The smallest absolute Gasteiger partial charge is 0.210 e. The van der Waals surface area contributed by atoms with Crippen LogP contribution in [0.25, 0.3) is 10.9 Å². The Morgan fingerprint density at radius 2 is 2.15 bits per heavy atom. The summed E-state index contributed by atoms with van der Waals surface area (Å²) in [5, 5.41) is 24.3. The van der Waals surface area contributed by atoms with Crippen molar-refractivity contribution < 1.29 is 9.95 Å². The van der Waals surface area contributed by atoms with Crippen molar-refractivity contribution in [2.45, 2.75) is 0 Å². The van der Waals surface area contributed by atoms with Gasteiger partial charge in [-0.15, -0.1) is 0 Å². The van der Waals surface area contributed by atoms with Crippen LogP contribution in [-0.4, -0.2) is 10.2 Å². The van der Waals surface area contributed by atoms with Gasteiger partial charge < -0.3 is 16.0 Å². The molecule has 0 amide bonds. The third kappa shape index (κ3) is 1.10. The molecule has 5 nitrogen and oxygen atoms in total. The number of hydrogen-bond donors (Lipinski definition) is 2. The van der Waals surface area contributed by atoms with E-state index < -0.39 is 0 Å². The zero-order chi connectivity index (χ0) is 9.42. The fourth-order valence-electron chi connectivity index (χ4n) is 1.16. The van der Waals surface area contributed by atoms with E-state index in [0.717, 1.165) is 0 Å². The van der Waals surface area contributed by atoms with Gasteiger partial charge in [-0.1, -0.05) is 4.85 Å². The van der Waals surface area contributed by atoms with Crippen molar-refractivity contribution in [1.82, 2.24) is 5.10 Å². The number of hydrogen-bond acceptors (Lipinski definition) is 4. The average molecular weight is 177 g/mol. The Morgan fingerprint density at radius 3 is 2.92 bits per heavy atom. The molecule has 0 saturated heterocycles. The minimum Gasteiger partial charge on any atom is -0.594 e. The lowest BCUT2D eigenvalue weighted by Gasteiger charge is -2.01. The van der Waals surface area contributed by atoms with Gasteiger partial charge in [-0.25, -0.2) is 0 Å². The summed E-state index contributed by atoms with van der Waals surface area (Å²) in [6.45, 7) is 0. The SMILES string of the molecule is Nc1ccc(O)c2cc[n+]([O-])nc12. The Balaban J connectivity index is 2.92. The molecule has 1 heterocycles. The minimum atomic E-state index is 0.0669. The second kappa shape index (κ2) is 2.48. The largest absolute Gasteiger partial charge is 0.594 e. The standard InChI is InChI=1S/C8H7N3O2/c9-6-1-2-7(12)5-3-4-11(13)10-8(5)6/h1-4,12H,9H2. The summed E-state index contributed by atoms with van der Waals surface area (Å²) in [7, 11) is 0. The van der Waals surface area contributed by atoms with Gasteiger partial charge in [0.2, 0.25) is 6.20 Å². The number of nitrogens with zero attached hydrogens (tertiary/aromatic N) is 2. The van der Waals surface area contributed by atoms with Crippen LogP contribution in [0.15, 0.2) is 24.4 Å². The van der Waals surface area contributed by atoms with Crippen molar-refractivity contribution in [3.63, 3.8) is 0 Å². The molecule has 1 aromatic heterocycles. The number of aromatic nitrogens is 2. The molecule has 2 aromatic rings. The molecule has 0 bridgehead atoms. The van der Waals surface area contributed by atoms with Gasteiger partial charge in [-0.2, -0.15) is 0 Å². The number of benzene rings is 1. The lowest BCUT2D eigenvalue weighted by Crippen LogP contribution is -2.29. The van der Waals surface area contributed by atoms with Crippen molar-refractivity contribution >= 4 is 16.6 Å². The number of anilines is 1. The maximum absolute atomic E-state index is 10.8. The van der Waals surface area contributed by atoms with Crippen molar-refractivity contribution in [3.05, 3.63) is 29.6 Å². The molecule has 3 N–H and O–H groups in total. The third-order valence-corrected chi connectivity index (χ3v) is 1.79. The fourth-order valence-corrected chi connectivity index (χ4v) is 1.16. The van der Waals surface area contributed by atoms with Gasteiger partial charge in [-0.3, -0.25) is 0 Å². The van der Waals surface area contributed by atoms with Gasteiger partial charge in [0.1, 0.15) is 5.75 Å². The van der Waals surface area contributed by atoms with Crippen molar-refractivity contribution in [2.75, 3.05) is 5.73 Å². The number of nitrogen functional groups attached to an aromatic ring is 1. The maximum Gasteiger partial charge on any atom is 0.210 e. The lowest BCUT2D eigenvalue weighted by molar-refractivity contribution is -0.666. The monoisotopic (exact) mass is 177 g/mol. The van der Waals surface area contributed by atoms with Gasteiger partial charge in [0.05, 0.1) is 11.1 Å². The first-order valence-corrected chi connectivity index (χ1v) is 3.66. The van der Waals surface area contributed by atoms with Gasteiger partial charge in [0, 0.05) is 11.2 Å². The first kappa shape index (κ1) is 7.60. The normalized spacial score (nSPS) is 10.5. The summed E-state index contributed by atoms with van der Waals surface area (Å²) in [4.78, 5) is 0.401. The Morgan fingerprint density at radius 1 is 1.38 bits per heavy atom. The highest BCUT2D eigenvalue weighted by atomic mass is 16.5. The van der Waals surface area contributed by atoms with Crippen LogP contribution in [0.2, 0.25) is 0 Å². The molecule has 2 rings (SSSR count). The van der Waals surface area contributed by atoms with Crippen molar-refractivity contribution in [1.29, 1.82) is 0 Å². The van der Waals surface area contributed by atoms with E-state index in [9.17, 15) is 10.3 Å². The molecule has 13 heavy (non-hydrogen) atoms. The highest BCUT2D eigenvalue weighted by Crippen LogP contribution is 2.25. The topological polar surface area (TPSA) is 86.1 Å². The lowest BCUT2D eigenvalue weighted by atomic mass is 10.2. The average Bonchev–Trinajstić information content (AvgIpc) is 2.12. The third-order valence-electron chi connectivity index (χ3n) is 1.79. The predicted molar refractivity (Wildman–Crippen MR) is 46.8 cm³/mol. The van der Waals surface area contributed by atoms with Crippen molar-refractivity contribution in [3.8, 4) is 5.75 Å².